The number of fused-ring (bicyclic) bond motifs is 1. The molecule has 1 N–H and O–H groups in total. The van der Waals surface area contributed by atoms with Crippen molar-refractivity contribution >= 4 is 27.5 Å². The number of nitrogens with zero attached hydrogens (tertiary/aromatic N) is 2. The maximum atomic E-state index is 14.2. The Morgan fingerprint density at radius 3 is 2.40 bits per heavy atom. The van der Waals surface area contributed by atoms with E-state index in [1.807, 2.05) is 19.9 Å². The number of rotatable bonds is 14. The smallest absolute Gasteiger partial charge is 0.264 e. The van der Waals surface area contributed by atoms with Gasteiger partial charge in [-0.05, 0) is 54.8 Å². The fourth-order valence-electron chi connectivity index (χ4n) is 4.83. The van der Waals surface area contributed by atoms with Gasteiger partial charge in [0.2, 0.25) is 11.8 Å². The van der Waals surface area contributed by atoms with Crippen molar-refractivity contribution in [2.45, 2.75) is 50.6 Å². The van der Waals surface area contributed by atoms with Crippen LogP contribution in [0.4, 0.5) is 5.69 Å². The summed E-state index contributed by atoms with van der Waals surface area (Å²) in [6, 6.07) is 19.1. The minimum atomic E-state index is -4.19. The lowest BCUT2D eigenvalue weighted by Gasteiger charge is -2.33. The lowest BCUT2D eigenvalue weighted by Crippen LogP contribution is -2.52. The third-order valence-electron chi connectivity index (χ3n) is 7.13. The molecule has 11 heteroatoms. The molecular weight excluding hydrogens is 570 g/mol. The first-order valence-corrected chi connectivity index (χ1v) is 15.9. The first-order valence-electron chi connectivity index (χ1n) is 14.5. The molecule has 2 amide bonds. The van der Waals surface area contributed by atoms with Crippen molar-refractivity contribution in [2.75, 3.05) is 37.7 Å². The summed E-state index contributed by atoms with van der Waals surface area (Å²) in [4.78, 5) is 29.1. The van der Waals surface area contributed by atoms with Crippen LogP contribution in [0.2, 0.25) is 0 Å². The molecule has 1 heterocycles. The normalized spacial score (nSPS) is 13.1. The van der Waals surface area contributed by atoms with Crippen LogP contribution in [-0.2, 0) is 26.2 Å². The van der Waals surface area contributed by atoms with Crippen LogP contribution < -0.4 is 23.8 Å². The summed E-state index contributed by atoms with van der Waals surface area (Å²) in [5.74, 6) is 0.667. The quantitative estimate of drug-likeness (QED) is 0.270. The van der Waals surface area contributed by atoms with Gasteiger partial charge in [-0.2, -0.15) is 0 Å². The number of carbonyl (C=O) groups is 2. The molecule has 0 unspecified atom stereocenters. The first kappa shape index (κ1) is 31.7. The second-order valence-electron chi connectivity index (χ2n) is 10.1. The van der Waals surface area contributed by atoms with Gasteiger partial charge in [0, 0.05) is 19.2 Å². The van der Waals surface area contributed by atoms with Crippen LogP contribution in [0.5, 0.6) is 17.2 Å². The highest BCUT2D eigenvalue weighted by Gasteiger charge is 2.34. The molecule has 0 aromatic heterocycles. The second kappa shape index (κ2) is 14.8. The van der Waals surface area contributed by atoms with Crippen molar-refractivity contribution in [1.82, 2.24) is 10.2 Å². The molecule has 4 rings (SSSR count). The number of hydrogen-bond acceptors (Lipinski definition) is 7. The number of methoxy groups -OCH3 is 1. The van der Waals surface area contributed by atoms with Crippen LogP contribution in [0.25, 0.3) is 0 Å². The summed E-state index contributed by atoms with van der Waals surface area (Å²) in [5.41, 5.74) is 0.979. The van der Waals surface area contributed by atoms with Crippen LogP contribution in [-0.4, -0.2) is 64.6 Å². The van der Waals surface area contributed by atoms with Gasteiger partial charge in [-0.1, -0.05) is 50.6 Å². The average Bonchev–Trinajstić information content (AvgIpc) is 3.03. The highest BCUT2D eigenvalue weighted by Crippen LogP contribution is 2.36. The molecule has 10 nitrogen and oxygen atoms in total. The summed E-state index contributed by atoms with van der Waals surface area (Å²) in [6.45, 7) is 4.58. The van der Waals surface area contributed by atoms with E-state index < -0.39 is 28.5 Å². The number of unbranched alkanes of at least 4 members (excludes halogenated alkanes) is 1. The minimum Gasteiger partial charge on any atom is -0.497 e. The van der Waals surface area contributed by atoms with E-state index in [-0.39, 0.29) is 23.0 Å². The molecule has 0 bridgehead atoms. The number of carbonyl (C=O) groups excluding carboxylic acids is 2. The molecule has 1 atom stereocenters. The van der Waals surface area contributed by atoms with E-state index >= 15 is 0 Å². The molecule has 3 aromatic carbocycles. The molecule has 1 aliphatic rings. The van der Waals surface area contributed by atoms with Crippen molar-refractivity contribution in [3.63, 3.8) is 0 Å². The van der Waals surface area contributed by atoms with Crippen molar-refractivity contribution in [3.8, 4) is 17.2 Å². The third kappa shape index (κ3) is 7.78. The summed E-state index contributed by atoms with van der Waals surface area (Å²) >= 11 is 0. The Kier molecular flexibility index (Phi) is 10.9. The van der Waals surface area contributed by atoms with Crippen LogP contribution in [0.1, 0.15) is 38.7 Å². The zero-order valence-corrected chi connectivity index (χ0v) is 25.6. The van der Waals surface area contributed by atoms with Crippen LogP contribution in [0.3, 0.4) is 0 Å². The van der Waals surface area contributed by atoms with E-state index in [0.29, 0.717) is 43.4 Å². The van der Waals surface area contributed by atoms with Crippen molar-refractivity contribution in [2.24, 2.45) is 0 Å². The Balaban J connectivity index is 1.74. The van der Waals surface area contributed by atoms with Gasteiger partial charge in [0.25, 0.3) is 10.0 Å². The molecule has 1 aliphatic heterocycles. The molecule has 43 heavy (non-hydrogen) atoms. The van der Waals surface area contributed by atoms with Crippen molar-refractivity contribution in [3.05, 3.63) is 78.4 Å². The molecule has 230 valence electrons. The largest absolute Gasteiger partial charge is 0.497 e. The van der Waals surface area contributed by atoms with Gasteiger partial charge >= 0.3 is 0 Å². The Hall–Kier alpha value is -4.25. The SMILES string of the molecule is CCCCNC(=O)[C@H](CC)N(Cc1cccc(OC)c1)C(=O)CN(c1ccc2c(c1)OCCO2)S(=O)(=O)c1ccccc1. The highest BCUT2D eigenvalue weighted by molar-refractivity contribution is 7.92. The van der Waals surface area contributed by atoms with E-state index in [1.165, 1.54) is 17.0 Å². The standard InChI is InChI=1S/C32H39N3O7S/c1-4-6-17-33-32(37)28(5-2)34(22-24-11-10-12-26(20-24)40-3)31(36)23-35(43(38,39)27-13-8-7-9-14-27)25-15-16-29-30(21-25)42-19-18-41-29/h7-16,20-21,28H,4-6,17-19,22-23H2,1-3H3,(H,33,37)/t28-/m0/s1. The van der Waals surface area contributed by atoms with Crippen LogP contribution in [0.15, 0.2) is 77.7 Å². The van der Waals surface area contributed by atoms with E-state index in [9.17, 15) is 18.0 Å². The fourth-order valence-corrected chi connectivity index (χ4v) is 6.26. The summed E-state index contributed by atoms with van der Waals surface area (Å²) < 4.78 is 45.8. The second-order valence-corrected chi connectivity index (χ2v) is 12.0. The lowest BCUT2D eigenvalue weighted by molar-refractivity contribution is -0.140. The minimum absolute atomic E-state index is 0.0291. The lowest BCUT2D eigenvalue weighted by atomic mass is 10.1. The Labute approximate surface area is 253 Å². The number of hydrogen-bond donors (Lipinski definition) is 1. The maximum Gasteiger partial charge on any atom is 0.264 e. The van der Waals surface area contributed by atoms with Crippen LogP contribution >= 0.6 is 0 Å². The number of nitrogens with one attached hydrogen (secondary N) is 1. The molecule has 0 fully saturated rings. The molecule has 0 saturated carbocycles. The topological polar surface area (TPSA) is 114 Å². The third-order valence-corrected chi connectivity index (χ3v) is 8.91. The Morgan fingerprint density at radius 1 is 0.953 bits per heavy atom. The van der Waals surface area contributed by atoms with Crippen molar-refractivity contribution < 1.29 is 32.2 Å². The van der Waals surface area contributed by atoms with Crippen molar-refractivity contribution in [1.29, 1.82) is 0 Å². The number of ether oxygens (including phenoxy) is 3. The van der Waals surface area contributed by atoms with Gasteiger partial charge in [0.05, 0.1) is 17.7 Å². The van der Waals surface area contributed by atoms with Gasteiger partial charge in [-0.25, -0.2) is 8.42 Å². The zero-order chi connectivity index (χ0) is 30.8. The molecule has 0 saturated heterocycles. The summed E-state index contributed by atoms with van der Waals surface area (Å²) in [5, 5.41) is 2.93. The number of anilines is 1. The van der Waals surface area contributed by atoms with Gasteiger partial charge in [-0.15, -0.1) is 0 Å². The molecule has 0 aliphatic carbocycles. The summed E-state index contributed by atoms with van der Waals surface area (Å²) in [6.07, 6.45) is 2.05. The van der Waals surface area contributed by atoms with Gasteiger partial charge in [-0.3, -0.25) is 13.9 Å². The fraction of sp³-hybridized carbons (Fsp3) is 0.375. The van der Waals surface area contributed by atoms with Gasteiger partial charge in [0.15, 0.2) is 11.5 Å². The van der Waals surface area contributed by atoms with E-state index in [0.717, 1.165) is 22.7 Å². The predicted octanol–water partition coefficient (Wildman–Crippen LogP) is 4.39. The molecule has 3 aromatic rings. The summed E-state index contributed by atoms with van der Waals surface area (Å²) in [7, 11) is -2.64. The first-order chi connectivity index (χ1) is 20.8. The zero-order valence-electron chi connectivity index (χ0n) is 24.8. The molecule has 0 radical (unpaired) electrons. The predicted molar refractivity (Wildman–Crippen MR) is 164 cm³/mol. The maximum absolute atomic E-state index is 14.2. The number of benzene rings is 3. The average molecular weight is 610 g/mol. The number of amides is 2. The van der Waals surface area contributed by atoms with Gasteiger partial charge in [0.1, 0.15) is 31.5 Å². The Morgan fingerprint density at radius 2 is 1.70 bits per heavy atom. The molecule has 0 spiro atoms. The van der Waals surface area contributed by atoms with E-state index in [1.54, 1.807) is 61.7 Å². The number of sulfonamides is 1. The Bertz CT molecular complexity index is 1500. The van der Waals surface area contributed by atoms with E-state index in [4.69, 9.17) is 14.2 Å². The molecular formula is C32H39N3O7S. The van der Waals surface area contributed by atoms with E-state index in [2.05, 4.69) is 5.32 Å². The highest BCUT2D eigenvalue weighted by atomic mass is 32.2. The van der Waals surface area contributed by atoms with Gasteiger partial charge < -0.3 is 24.4 Å². The van der Waals surface area contributed by atoms with Crippen LogP contribution in [0, 0.1) is 0 Å². The monoisotopic (exact) mass is 609 g/mol.